The summed E-state index contributed by atoms with van der Waals surface area (Å²) in [5.74, 6) is 2.28. The Labute approximate surface area is 182 Å². The predicted molar refractivity (Wildman–Crippen MR) is 122 cm³/mol. The van der Waals surface area contributed by atoms with Crippen LogP contribution in [-0.4, -0.2) is 34.8 Å². The number of aromatic nitrogens is 2. The van der Waals surface area contributed by atoms with Crippen LogP contribution in [0.1, 0.15) is 36.8 Å². The van der Waals surface area contributed by atoms with Crippen LogP contribution in [0.15, 0.2) is 67.1 Å². The van der Waals surface area contributed by atoms with Gasteiger partial charge >= 0.3 is 0 Å². The van der Waals surface area contributed by atoms with E-state index >= 15 is 0 Å². The normalized spacial score (nSPS) is 17.7. The van der Waals surface area contributed by atoms with Gasteiger partial charge in [-0.2, -0.15) is 0 Å². The number of nitrogens with zero attached hydrogens (tertiary/aromatic N) is 2. The zero-order valence-electron chi connectivity index (χ0n) is 17.5. The van der Waals surface area contributed by atoms with Gasteiger partial charge in [0.15, 0.2) is 0 Å². The van der Waals surface area contributed by atoms with Crippen LogP contribution >= 0.6 is 0 Å². The molecular weight excluding hydrogens is 386 g/mol. The Balaban J connectivity index is 1.26. The van der Waals surface area contributed by atoms with E-state index in [0.29, 0.717) is 17.2 Å². The third kappa shape index (κ3) is 4.30. The van der Waals surface area contributed by atoms with Crippen molar-refractivity contribution in [3.8, 4) is 11.5 Å². The summed E-state index contributed by atoms with van der Waals surface area (Å²) in [6.07, 6.45) is 8.15. The third-order valence-corrected chi connectivity index (χ3v) is 6.47. The van der Waals surface area contributed by atoms with Gasteiger partial charge < -0.3 is 15.4 Å². The van der Waals surface area contributed by atoms with E-state index in [1.165, 1.54) is 25.7 Å². The smallest absolute Gasteiger partial charge is 0.139 e. The van der Waals surface area contributed by atoms with E-state index in [0.717, 1.165) is 41.5 Å². The molecule has 6 nitrogen and oxygen atoms in total. The summed E-state index contributed by atoms with van der Waals surface area (Å²) >= 11 is 0. The van der Waals surface area contributed by atoms with Gasteiger partial charge in [-0.3, -0.25) is 5.41 Å². The maximum Gasteiger partial charge on any atom is 0.139 e. The van der Waals surface area contributed by atoms with Crippen LogP contribution < -0.4 is 15.4 Å². The van der Waals surface area contributed by atoms with Crippen LogP contribution in [0.2, 0.25) is 0 Å². The van der Waals surface area contributed by atoms with Crippen LogP contribution in [0.3, 0.4) is 0 Å². The van der Waals surface area contributed by atoms with E-state index in [-0.39, 0.29) is 0 Å². The number of piperidine rings is 1. The van der Waals surface area contributed by atoms with E-state index < -0.39 is 0 Å². The molecule has 0 amide bonds. The average Bonchev–Trinajstić information content (AvgIpc) is 2.80. The lowest BCUT2D eigenvalue weighted by Crippen LogP contribution is -2.50. The van der Waals surface area contributed by atoms with Crippen LogP contribution in [0, 0.1) is 10.8 Å². The largest absolute Gasteiger partial charge is 0.457 e. The van der Waals surface area contributed by atoms with Crippen LogP contribution in [0.25, 0.3) is 0 Å². The fourth-order valence-electron chi connectivity index (χ4n) is 4.74. The van der Waals surface area contributed by atoms with Gasteiger partial charge in [-0.05, 0) is 80.6 Å². The Hall–Kier alpha value is -3.25. The van der Waals surface area contributed by atoms with Gasteiger partial charge in [0.2, 0.25) is 0 Å². The first-order valence-corrected chi connectivity index (χ1v) is 10.9. The molecule has 1 aliphatic carbocycles. The number of rotatable bonds is 6. The molecule has 3 aromatic rings. The first-order valence-electron chi connectivity index (χ1n) is 10.9. The molecule has 6 heteroatoms. The third-order valence-electron chi connectivity index (χ3n) is 6.47. The summed E-state index contributed by atoms with van der Waals surface area (Å²) in [7, 11) is 0. The van der Waals surface area contributed by atoms with Gasteiger partial charge in [-0.15, -0.1) is 0 Å². The Morgan fingerprint density at radius 2 is 1.71 bits per heavy atom. The summed E-state index contributed by atoms with van der Waals surface area (Å²) in [5.41, 5.74) is 2.44. The van der Waals surface area contributed by atoms with Crippen LogP contribution in [0.4, 0.5) is 5.82 Å². The molecule has 2 aromatic carbocycles. The second kappa shape index (κ2) is 8.47. The highest BCUT2D eigenvalue weighted by molar-refractivity contribution is 6.13. The highest BCUT2D eigenvalue weighted by atomic mass is 16.5. The van der Waals surface area contributed by atoms with Gasteiger partial charge in [0.1, 0.15) is 23.6 Å². The van der Waals surface area contributed by atoms with Gasteiger partial charge in [0.05, 0.1) is 11.3 Å². The topological polar surface area (TPSA) is 82.9 Å². The first-order chi connectivity index (χ1) is 15.2. The highest BCUT2D eigenvalue weighted by Crippen LogP contribution is 2.48. The molecule has 2 aliphatic rings. The summed E-state index contributed by atoms with van der Waals surface area (Å²) in [4.78, 5) is 8.63. The molecule has 31 heavy (non-hydrogen) atoms. The number of benzene rings is 2. The van der Waals surface area contributed by atoms with Gasteiger partial charge in [0, 0.05) is 17.8 Å². The lowest BCUT2D eigenvalue weighted by Gasteiger charge is -2.50. The van der Waals surface area contributed by atoms with Crippen molar-refractivity contribution in [1.82, 2.24) is 15.3 Å². The number of hydrogen-bond donors (Lipinski definition) is 3. The van der Waals surface area contributed by atoms with Crippen molar-refractivity contribution < 1.29 is 4.74 Å². The molecule has 158 valence electrons. The fourth-order valence-corrected chi connectivity index (χ4v) is 4.74. The standard InChI is InChI=1S/C25H27N5O/c26-23(18-6-8-21(9-7-18)31-20-4-2-1-3-5-20)22-16-28-17-29-24(22)30-19-14-25(15-19)10-12-27-13-11-25/h1-9,16-17,19,26-27H,10-15H2,(H,28,29,30). The van der Waals surface area contributed by atoms with Crippen molar-refractivity contribution in [2.45, 2.75) is 31.7 Å². The summed E-state index contributed by atoms with van der Waals surface area (Å²) in [5, 5.41) is 15.8. The molecule has 1 saturated heterocycles. The van der Waals surface area contributed by atoms with Gasteiger partial charge in [-0.25, -0.2) is 9.97 Å². The van der Waals surface area contributed by atoms with Crippen molar-refractivity contribution in [2.24, 2.45) is 5.41 Å². The predicted octanol–water partition coefficient (Wildman–Crippen LogP) is 4.63. The van der Waals surface area contributed by atoms with E-state index in [4.69, 9.17) is 10.1 Å². The molecule has 5 rings (SSSR count). The molecule has 2 fully saturated rings. The van der Waals surface area contributed by atoms with Gasteiger partial charge in [-0.1, -0.05) is 18.2 Å². The van der Waals surface area contributed by atoms with Crippen molar-refractivity contribution in [3.05, 3.63) is 78.2 Å². The Kier molecular flexibility index (Phi) is 5.38. The summed E-state index contributed by atoms with van der Waals surface area (Å²) < 4.78 is 5.86. The molecule has 1 aliphatic heterocycles. The van der Waals surface area contributed by atoms with Crippen molar-refractivity contribution in [2.75, 3.05) is 18.4 Å². The minimum Gasteiger partial charge on any atom is -0.457 e. The minimum absolute atomic E-state index is 0.408. The van der Waals surface area contributed by atoms with E-state index in [2.05, 4.69) is 20.6 Å². The maximum atomic E-state index is 8.74. The van der Waals surface area contributed by atoms with Crippen LogP contribution in [-0.2, 0) is 0 Å². The molecule has 1 saturated carbocycles. The maximum absolute atomic E-state index is 8.74. The average molecular weight is 414 g/mol. The van der Waals surface area contributed by atoms with E-state index in [1.807, 2.05) is 54.6 Å². The summed E-state index contributed by atoms with van der Waals surface area (Å²) in [6, 6.07) is 17.7. The number of para-hydroxylation sites is 1. The zero-order chi connectivity index (χ0) is 21.1. The monoisotopic (exact) mass is 413 g/mol. The number of ether oxygens (including phenoxy) is 1. The Morgan fingerprint density at radius 3 is 2.45 bits per heavy atom. The van der Waals surface area contributed by atoms with Crippen molar-refractivity contribution in [3.63, 3.8) is 0 Å². The van der Waals surface area contributed by atoms with E-state index in [1.54, 1.807) is 12.5 Å². The summed E-state index contributed by atoms with van der Waals surface area (Å²) in [6.45, 7) is 2.25. The number of anilines is 1. The van der Waals surface area contributed by atoms with Gasteiger partial charge in [0.25, 0.3) is 0 Å². The molecular formula is C25H27N5O. The number of hydrogen-bond acceptors (Lipinski definition) is 6. The SMILES string of the molecule is N=C(c1ccc(Oc2ccccc2)cc1)c1cncnc1NC1CC2(CCNCC2)C1. The molecule has 3 N–H and O–H groups in total. The second-order valence-corrected chi connectivity index (χ2v) is 8.60. The van der Waals surface area contributed by atoms with E-state index in [9.17, 15) is 0 Å². The first kappa shape index (κ1) is 19.7. The van der Waals surface area contributed by atoms with Crippen molar-refractivity contribution in [1.29, 1.82) is 5.41 Å². The molecule has 1 aromatic heterocycles. The van der Waals surface area contributed by atoms with Crippen LogP contribution in [0.5, 0.6) is 11.5 Å². The van der Waals surface area contributed by atoms with Crippen molar-refractivity contribution >= 4 is 11.5 Å². The number of nitrogens with one attached hydrogen (secondary N) is 3. The Morgan fingerprint density at radius 1 is 1.00 bits per heavy atom. The molecule has 1 spiro atoms. The second-order valence-electron chi connectivity index (χ2n) is 8.60. The lowest BCUT2D eigenvalue weighted by atomic mass is 9.60. The molecule has 0 radical (unpaired) electrons. The molecule has 0 bridgehead atoms. The molecule has 0 unspecified atom stereocenters. The quantitative estimate of drug-likeness (QED) is 0.513. The lowest BCUT2D eigenvalue weighted by molar-refractivity contribution is 0.0717. The molecule has 0 atom stereocenters. The zero-order valence-corrected chi connectivity index (χ0v) is 17.5. The minimum atomic E-state index is 0.408. The Bertz CT molecular complexity index is 1040. The highest BCUT2D eigenvalue weighted by Gasteiger charge is 2.44. The molecule has 2 heterocycles. The fraction of sp³-hybridized carbons (Fsp3) is 0.320.